The highest BCUT2D eigenvalue weighted by Crippen LogP contribution is 2.25. The Hall–Kier alpha value is -1.79. The van der Waals surface area contributed by atoms with Gasteiger partial charge in [-0.15, -0.1) is 0 Å². The molecule has 1 N–H and O–H groups in total. The topological polar surface area (TPSA) is 67.8 Å². The van der Waals surface area contributed by atoms with Crippen molar-refractivity contribution in [3.8, 4) is 0 Å². The van der Waals surface area contributed by atoms with Gasteiger partial charge in [0.25, 0.3) is 5.91 Å². The Morgan fingerprint density at radius 1 is 1.17 bits per heavy atom. The minimum Gasteiger partial charge on any atom is -0.315 e. The van der Waals surface area contributed by atoms with Crippen LogP contribution in [0.25, 0.3) is 0 Å². The summed E-state index contributed by atoms with van der Waals surface area (Å²) in [7, 11) is 0. The molecular weight excluding hydrogens is 282 g/mol. The molecule has 0 unspecified atom stereocenters. The number of rotatable bonds is 2. The second kappa shape index (κ2) is 5.24. The van der Waals surface area contributed by atoms with E-state index < -0.39 is 11.7 Å². The molecule has 0 fully saturated rings. The minimum absolute atomic E-state index is 0.00506. The van der Waals surface area contributed by atoms with Crippen molar-refractivity contribution < 1.29 is 9.18 Å². The second-order valence-electron chi connectivity index (χ2n) is 3.15. The van der Waals surface area contributed by atoms with Gasteiger partial charge in [0.15, 0.2) is 10.3 Å². The zero-order chi connectivity index (χ0) is 13.1. The summed E-state index contributed by atoms with van der Waals surface area (Å²) < 4.78 is 12.6. The van der Waals surface area contributed by atoms with Crippen LogP contribution >= 0.6 is 23.2 Å². The van der Waals surface area contributed by atoms with Crippen LogP contribution in [0.4, 0.5) is 10.1 Å². The number of anilines is 1. The van der Waals surface area contributed by atoms with Crippen molar-refractivity contribution >= 4 is 34.8 Å². The summed E-state index contributed by atoms with van der Waals surface area (Å²) in [4.78, 5) is 22.7. The number of carbonyl (C=O) groups excluding carboxylic acids is 1. The molecule has 5 nitrogen and oxygen atoms in total. The first kappa shape index (κ1) is 12.7. The Morgan fingerprint density at radius 3 is 2.39 bits per heavy atom. The molecule has 0 spiro atoms. The first-order chi connectivity index (χ1) is 8.58. The molecule has 18 heavy (non-hydrogen) atoms. The van der Waals surface area contributed by atoms with Gasteiger partial charge < -0.3 is 5.32 Å². The fourth-order valence-corrected chi connectivity index (χ4v) is 1.54. The Kier molecular flexibility index (Phi) is 3.69. The van der Waals surface area contributed by atoms with E-state index in [4.69, 9.17) is 23.2 Å². The Labute approximate surface area is 111 Å². The van der Waals surface area contributed by atoms with E-state index in [9.17, 15) is 9.18 Å². The molecule has 0 aliphatic heterocycles. The van der Waals surface area contributed by atoms with Crippen molar-refractivity contribution in [3.63, 3.8) is 0 Å². The van der Waals surface area contributed by atoms with Crippen LogP contribution in [0.3, 0.4) is 0 Å². The van der Waals surface area contributed by atoms with E-state index in [0.717, 1.165) is 18.6 Å². The van der Waals surface area contributed by atoms with Gasteiger partial charge in [-0.1, -0.05) is 23.2 Å². The average molecular weight is 287 g/mol. The molecule has 1 amide bonds. The molecule has 8 heteroatoms. The quantitative estimate of drug-likeness (QED) is 0.862. The molecule has 2 aromatic rings. The predicted molar refractivity (Wildman–Crippen MR) is 64.2 cm³/mol. The molecule has 2 heterocycles. The van der Waals surface area contributed by atoms with Crippen LogP contribution < -0.4 is 5.32 Å². The lowest BCUT2D eigenvalue weighted by molar-refractivity contribution is 0.102. The molecule has 0 radical (unpaired) electrons. The largest absolute Gasteiger partial charge is 0.315 e. The number of carbonyl (C=O) groups is 1. The van der Waals surface area contributed by atoms with Crippen molar-refractivity contribution in [2.45, 2.75) is 0 Å². The van der Waals surface area contributed by atoms with E-state index in [1.165, 1.54) is 6.07 Å². The Balaban J connectivity index is 2.24. The highest BCUT2D eigenvalue weighted by Gasteiger charge is 2.14. The van der Waals surface area contributed by atoms with Gasteiger partial charge in [-0.3, -0.25) is 4.79 Å². The van der Waals surface area contributed by atoms with Gasteiger partial charge in [0.1, 0.15) is 23.5 Å². The smallest absolute Gasteiger partial charge is 0.274 e. The minimum atomic E-state index is -0.589. The van der Waals surface area contributed by atoms with E-state index in [2.05, 4.69) is 20.3 Å². The van der Waals surface area contributed by atoms with Crippen LogP contribution in [-0.2, 0) is 0 Å². The highest BCUT2D eigenvalue weighted by atomic mass is 35.5. The van der Waals surface area contributed by atoms with Gasteiger partial charge in [-0.05, 0) is 12.1 Å². The van der Waals surface area contributed by atoms with Crippen LogP contribution in [0.5, 0.6) is 0 Å². The van der Waals surface area contributed by atoms with E-state index in [0.29, 0.717) is 0 Å². The average Bonchev–Trinajstić information content (AvgIpc) is 2.34. The third-order valence-corrected chi connectivity index (χ3v) is 2.53. The van der Waals surface area contributed by atoms with Crippen molar-refractivity contribution in [2.75, 3.05) is 5.32 Å². The Morgan fingerprint density at radius 2 is 1.83 bits per heavy atom. The van der Waals surface area contributed by atoms with Gasteiger partial charge in [-0.2, -0.15) is 0 Å². The SMILES string of the molecule is O=C(Nc1c(Cl)ncnc1Cl)c1ccc(F)cn1. The number of nitrogens with zero attached hydrogens (tertiary/aromatic N) is 3. The number of amides is 1. The number of hydrogen-bond donors (Lipinski definition) is 1. The van der Waals surface area contributed by atoms with Gasteiger partial charge in [-0.25, -0.2) is 19.3 Å². The molecule has 0 bridgehead atoms. The van der Waals surface area contributed by atoms with Gasteiger partial charge in [0, 0.05) is 0 Å². The lowest BCUT2D eigenvalue weighted by Gasteiger charge is -2.06. The van der Waals surface area contributed by atoms with E-state index >= 15 is 0 Å². The lowest BCUT2D eigenvalue weighted by atomic mass is 10.3. The molecule has 0 atom stereocenters. The highest BCUT2D eigenvalue weighted by molar-refractivity contribution is 6.38. The number of hydrogen-bond acceptors (Lipinski definition) is 4. The van der Waals surface area contributed by atoms with Gasteiger partial charge in [0.2, 0.25) is 0 Å². The summed E-state index contributed by atoms with van der Waals surface area (Å²) in [5.41, 5.74) is 0.101. The maximum absolute atomic E-state index is 12.6. The van der Waals surface area contributed by atoms with Crippen LogP contribution in [0, 0.1) is 5.82 Å². The predicted octanol–water partition coefficient (Wildman–Crippen LogP) is 2.57. The summed E-state index contributed by atoms with van der Waals surface area (Å²) in [6, 6.07) is 2.35. The number of aromatic nitrogens is 3. The number of pyridine rings is 1. The zero-order valence-electron chi connectivity index (χ0n) is 8.69. The fraction of sp³-hybridized carbons (Fsp3) is 0. The van der Waals surface area contributed by atoms with E-state index in [1.807, 2.05) is 0 Å². The maximum atomic E-state index is 12.6. The molecular formula is C10H5Cl2FN4O. The Bertz CT molecular complexity index is 571. The second-order valence-corrected chi connectivity index (χ2v) is 3.86. The number of nitrogens with one attached hydrogen (secondary N) is 1. The van der Waals surface area contributed by atoms with E-state index in [-0.39, 0.29) is 21.7 Å². The molecule has 2 rings (SSSR count). The standard InChI is InChI=1S/C10H5Cl2FN4O/c11-8-7(9(12)16-4-15-8)17-10(18)6-2-1-5(13)3-14-6/h1-4H,(H,17,18). The summed E-state index contributed by atoms with van der Waals surface area (Å²) in [6.07, 6.45) is 2.09. The summed E-state index contributed by atoms with van der Waals surface area (Å²) in [5, 5.41) is 2.41. The van der Waals surface area contributed by atoms with Crippen molar-refractivity contribution in [2.24, 2.45) is 0 Å². The molecule has 0 saturated carbocycles. The lowest BCUT2D eigenvalue weighted by Crippen LogP contribution is -2.14. The molecule has 0 saturated heterocycles. The van der Waals surface area contributed by atoms with Crippen LogP contribution in [-0.4, -0.2) is 20.9 Å². The number of halogens is 3. The molecule has 0 aromatic carbocycles. The zero-order valence-corrected chi connectivity index (χ0v) is 10.2. The van der Waals surface area contributed by atoms with E-state index in [1.54, 1.807) is 0 Å². The summed E-state index contributed by atoms with van der Waals surface area (Å²) in [5.74, 6) is -1.13. The first-order valence-corrected chi connectivity index (χ1v) is 5.42. The van der Waals surface area contributed by atoms with Gasteiger partial charge >= 0.3 is 0 Å². The normalized spacial score (nSPS) is 10.2. The molecule has 0 aliphatic rings. The fourth-order valence-electron chi connectivity index (χ4n) is 1.14. The molecule has 0 aliphatic carbocycles. The van der Waals surface area contributed by atoms with Crippen LogP contribution in [0.15, 0.2) is 24.7 Å². The third kappa shape index (κ3) is 2.72. The van der Waals surface area contributed by atoms with Gasteiger partial charge in [0.05, 0.1) is 6.20 Å². The molecule has 92 valence electrons. The van der Waals surface area contributed by atoms with Crippen molar-refractivity contribution in [3.05, 3.63) is 46.5 Å². The van der Waals surface area contributed by atoms with Crippen LogP contribution in [0.1, 0.15) is 10.5 Å². The summed E-state index contributed by atoms with van der Waals surface area (Å²) >= 11 is 11.5. The monoisotopic (exact) mass is 286 g/mol. The van der Waals surface area contributed by atoms with Crippen molar-refractivity contribution in [1.82, 2.24) is 15.0 Å². The van der Waals surface area contributed by atoms with Crippen LogP contribution in [0.2, 0.25) is 10.3 Å². The maximum Gasteiger partial charge on any atom is 0.274 e. The van der Waals surface area contributed by atoms with Crippen molar-refractivity contribution in [1.29, 1.82) is 0 Å². The third-order valence-electron chi connectivity index (χ3n) is 1.95. The summed E-state index contributed by atoms with van der Waals surface area (Å²) in [6.45, 7) is 0. The molecule has 2 aromatic heterocycles. The first-order valence-electron chi connectivity index (χ1n) is 4.67.